The van der Waals surface area contributed by atoms with Gasteiger partial charge in [-0.25, -0.2) is 4.98 Å². The van der Waals surface area contributed by atoms with Gasteiger partial charge in [0.25, 0.3) is 5.91 Å². The molecule has 0 fully saturated rings. The van der Waals surface area contributed by atoms with Gasteiger partial charge in [0.2, 0.25) is 5.91 Å². The molecule has 2 amide bonds. The highest BCUT2D eigenvalue weighted by Gasteiger charge is 2.16. The molecule has 0 aliphatic heterocycles. The van der Waals surface area contributed by atoms with E-state index in [9.17, 15) is 9.59 Å². The van der Waals surface area contributed by atoms with Crippen molar-refractivity contribution in [2.24, 2.45) is 0 Å². The van der Waals surface area contributed by atoms with Crippen LogP contribution >= 0.6 is 11.3 Å². The molecule has 1 atom stereocenters. The molecule has 6 nitrogen and oxygen atoms in total. The smallest absolute Gasteiger partial charge is 0.279 e. The quantitative estimate of drug-likeness (QED) is 0.450. The van der Waals surface area contributed by atoms with Gasteiger partial charge in [0.05, 0.1) is 12.1 Å². The van der Waals surface area contributed by atoms with Crippen LogP contribution in [0, 0.1) is 0 Å². The predicted molar refractivity (Wildman–Crippen MR) is 122 cm³/mol. The minimum absolute atomic E-state index is 0.0729. The van der Waals surface area contributed by atoms with Gasteiger partial charge in [-0.3, -0.25) is 20.4 Å². The zero-order chi connectivity index (χ0) is 21.6. The molecule has 156 valence electrons. The third kappa shape index (κ3) is 5.26. The molecular formula is C24H21N3O3S. The van der Waals surface area contributed by atoms with Crippen molar-refractivity contribution in [3.8, 4) is 16.3 Å². The van der Waals surface area contributed by atoms with E-state index in [2.05, 4.69) is 15.8 Å². The summed E-state index contributed by atoms with van der Waals surface area (Å²) in [5.74, 6) is -0.204. The Kier molecular flexibility index (Phi) is 6.24. The molecular weight excluding hydrogens is 410 g/mol. The van der Waals surface area contributed by atoms with E-state index in [0.717, 1.165) is 21.3 Å². The molecule has 0 bridgehead atoms. The Morgan fingerprint density at radius 2 is 1.71 bits per heavy atom. The molecule has 0 saturated heterocycles. The number of hydrogen-bond donors (Lipinski definition) is 2. The van der Waals surface area contributed by atoms with Gasteiger partial charge in [0.15, 0.2) is 6.10 Å². The highest BCUT2D eigenvalue weighted by atomic mass is 32.1. The third-order valence-electron chi connectivity index (χ3n) is 4.64. The second kappa shape index (κ2) is 9.40. The summed E-state index contributed by atoms with van der Waals surface area (Å²) in [6, 6.07) is 23.3. The van der Waals surface area contributed by atoms with Crippen LogP contribution in [0.1, 0.15) is 12.6 Å². The number of benzene rings is 3. The second-order valence-electron chi connectivity index (χ2n) is 6.99. The summed E-state index contributed by atoms with van der Waals surface area (Å²) in [5, 5.41) is 4.82. The Hall–Kier alpha value is -3.71. The van der Waals surface area contributed by atoms with E-state index >= 15 is 0 Å². The van der Waals surface area contributed by atoms with E-state index in [1.54, 1.807) is 6.92 Å². The molecule has 4 aromatic rings. The van der Waals surface area contributed by atoms with E-state index in [4.69, 9.17) is 4.74 Å². The normalized spacial score (nSPS) is 11.6. The van der Waals surface area contributed by atoms with Crippen LogP contribution in [0.15, 0.2) is 78.2 Å². The number of carbonyl (C=O) groups is 2. The summed E-state index contributed by atoms with van der Waals surface area (Å²) in [6.07, 6.45) is -0.700. The standard InChI is InChI=1S/C24H21N3O3S/c1-16(30-21-12-11-17-7-5-6-10-19(17)13-21)23(29)27-26-22(28)14-20-15-31-24(25-20)18-8-3-2-4-9-18/h2-13,15-16H,14H2,1H3,(H,26,28)(H,27,29). The number of hydrazine groups is 1. The first-order chi connectivity index (χ1) is 15.1. The largest absolute Gasteiger partial charge is 0.481 e. The topological polar surface area (TPSA) is 80.3 Å². The van der Waals surface area contributed by atoms with Crippen LogP contribution in [0.5, 0.6) is 5.75 Å². The molecule has 1 unspecified atom stereocenters. The van der Waals surface area contributed by atoms with Gasteiger partial charge >= 0.3 is 0 Å². The SMILES string of the molecule is CC(Oc1ccc2ccccc2c1)C(=O)NNC(=O)Cc1csc(-c2ccccc2)n1. The average Bonchev–Trinajstić information content (AvgIpc) is 3.26. The van der Waals surface area contributed by atoms with Gasteiger partial charge in [0, 0.05) is 10.9 Å². The minimum Gasteiger partial charge on any atom is -0.481 e. The van der Waals surface area contributed by atoms with E-state index in [-0.39, 0.29) is 12.3 Å². The summed E-state index contributed by atoms with van der Waals surface area (Å²) in [4.78, 5) is 29.0. The fourth-order valence-corrected chi connectivity index (χ4v) is 3.87. The first-order valence-electron chi connectivity index (χ1n) is 9.82. The number of hydrogen-bond acceptors (Lipinski definition) is 5. The number of thiazole rings is 1. The molecule has 1 heterocycles. The van der Waals surface area contributed by atoms with Gasteiger partial charge in [-0.1, -0.05) is 60.7 Å². The summed E-state index contributed by atoms with van der Waals surface area (Å²) < 4.78 is 5.71. The fourth-order valence-electron chi connectivity index (χ4n) is 3.04. The molecule has 4 rings (SSSR count). The van der Waals surface area contributed by atoms with Gasteiger partial charge in [0.1, 0.15) is 10.8 Å². The summed E-state index contributed by atoms with van der Waals surface area (Å²) in [6.45, 7) is 1.63. The third-order valence-corrected chi connectivity index (χ3v) is 5.58. The minimum atomic E-state index is -0.773. The van der Waals surface area contributed by atoms with Gasteiger partial charge in [-0.2, -0.15) is 0 Å². The van der Waals surface area contributed by atoms with E-state index in [1.807, 2.05) is 78.2 Å². The molecule has 1 aromatic heterocycles. The number of ether oxygens (including phenoxy) is 1. The highest BCUT2D eigenvalue weighted by Crippen LogP contribution is 2.23. The number of nitrogens with zero attached hydrogens (tertiary/aromatic N) is 1. The maximum atomic E-state index is 12.3. The first-order valence-corrected chi connectivity index (χ1v) is 10.7. The van der Waals surface area contributed by atoms with Crippen molar-refractivity contribution in [1.82, 2.24) is 15.8 Å². The maximum absolute atomic E-state index is 12.3. The van der Waals surface area contributed by atoms with Gasteiger partial charge in [-0.15, -0.1) is 11.3 Å². The van der Waals surface area contributed by atoms with Crippen LogP contribution < -0.4 is 15.6 Å². The van der Waals surface area contributed by atoms with Crippen LogP contribution in [0.4, 0.5) is 0 Å². The number of fused-ring (bicyclic) bond motifs is 1. The summed E-state index contributed by atoms with van der Waals surface area (Å²) in [7, 11) is 0. The molecule has 0 aliphatic rings. The lowest BCUT2D eigenvalue weighted by Crippen LogP contribution is -2.47. The van der Waals surface area contributed by atoms with Crippen LogP contribution in [0.3, 0.4) is 0 Å². The van der Waals surface area contributed by atoms with Crippen molar-refractivity contribution in [3.05, 3.63) is 83.9 Å². The van der Waals surface area contributed by atoms with Crippen LogP contribution in [0.2, 0.25) is 0 Å². The lowest BCUT2D eigenvalue weighted by molar-refractivity contribution is -0.132. The highest BCUT2D eigenvalue weighted by molar-refractivity contribution is 7.13. The van der Waals surface area contributed by atoms with E-state index in [1.165, 1.54) is 11.3 Å². The Balaban J connectivity index is 1.27. The van der Waals surface area contributed by atoms with Crippen molar-refractivity contribution >= 4 is 33.9 Å². The van der Waals surface area contributed by atoms with E-state index in [0.29, 0.717) is 11.4 Å². The Labute approximate surface area is 183 Å². The van der Waals surface area contributed by atoms with Crippen LogP contribution in [-0.2, 0) is 16.0 Å². The molecule has 31 heavy (non-hydrogen) atoms. The second-order valence-corrected chi connectivity index (χ2v) is 7.85. The summed E-state index contributed by atoms with van der Waals surface area (Å²) in [5.41, 5.74) is 6.49. The summed E-state index contributed by atoms with van der Waals surface area (Å²) >= 11 is 1.48. The number of amides is 2. The maximum Gasteiger partial charge on any atom is 0.279 e. The van der Waals surface area contributed by atoms with Gasteiger partial charge in [-0.05, 0) is 29.8 Å². The molecule has 0 radical (unpaired) electrons. The lowest BCUT2D eigenvalue weighted by Gasteiger charge is -2.15. The van der Waals surface area contributed by atoms with E-state index < -0.39 is 12.0 Å². The fraction of sp³-hybridized carbons (Fsp3) is 0.125. The molecule has 3 aromatic carbocycles. The predicted octanol–water partition coefficient (Wildman–Crippen LogP) is 4.12. The zero-order valence-electron chi connectivity index (χ0n) is 16.9. The molecule has 0 saturated carbocycles. The Morgan fingerprint density at radius 1 is 0.968 bits per heavy atom. The first kappa shape index (κ1) is 20.6. The Morgan fingerprint density at radius 3 is 2.52 bits per heavy atom. The lowest BCUT2D eigenvalue weighted by atomic mass is 10.1. The van der Waals surface area contributed by atoms with Crippen LogP contribution in [0.25, 0.3) is 21.3 Å². The zero-order valence-corrected chi connectivity index (χ0v) is 17.7. The van der Waals surface area contributed by atoms with Crippen molar-refractivity contribution in [1.29, 1.82) is 0 Å². The van der Waals surface area contributed by atoms with Crippen LogP contribution in [-0.4, -0.2) is 22.9 Å². The number of rotatable bonds is 6. The van der Waals surface area contributed by atoms with Crippen molar-refractivity contribution in [2.45, 2.75) is 19.4 Å². The molecule has 2 N–H and O–H groups in total. The number of nitrogens with one attached hydrogen (secondary N) is 2. The number of carbonyl (C=O) groups excluding carboxylic acids is 2. The number of aromatic nitrogens is 1. The average molecular weight is 432 g/mol. The molecule has 7 heteroatoms. The molecule has 0 spiro atoms. The van der Waals surface area contributed by atoms with Crippen molar-refractivity contribution in [2.75, 3.05) is 0 Å². The van der Waals surface area contributed by atoms with Gasteiger partial charge < -0.3 is 4.74 Å². The van der Waals surface area contributed by atoms with Crippen molar-refractivity contribution in [3.63, 3.8) is 0 Å². The molecule has 0 aliphatic carbocycles. The monoisotopic (exact) mass is 431 g/mol. The van der Waals surface area contributed by atoms with Crippen molar-refractivity contribution < 1.29 is 14.3 Å². The Bertz CT molecular complexity index is 1210.